The monoisotopic (exact) mass is 769 g/mol. The standard InChI is InChI=1S/C34H35Cl2F2N3O9S/c1-34(2,3)50-32(43)18-41(51(45)46)27-16-39(26-7-5-4-6-22(26)27)17-31(42)48-29(13-23-24(35)14-40(44)15-25(23)36)21-10-11-28(49-33(37)38)30(12-21)47-19-20-8-9-20/h4-7,10-12,14-16,20,29,33,51H,8-9,13,17-19H2,1-3H3/t29-/m0/s1. The van der Waals surface area contributed by atoms with Crippen molar-refractivity contribution in [3.8, 4) is 11.5 Å². The van der Waals surface area contributed by atoms with Gasteiger partial charge in [-0.25, -0.2) is 8.42 Å². The van der Waals surface area contributed by atoms with Crippen LogP contribution in [0.4, 0.5) is 14.5 Å². The van der Waals surface area contributed by atoms with E-state index in [9.17, 15) is 32.0 Å². The Hall–Kier alpha value is -4.34. The summed E-state index contributed by atoms with van der Waals surface area (Å²) in [4.78, 5) is 26.3. The number of ether oxygens (including phenoxy) is 4. The van der Waals surface area contributed by atoms with Crippen LogP contribution in [0.3, 0.4) is 0 Å². The fourth-order valence-corrected chi connectivity index (χ4v) is 6.45. The Morgan fingerprint density at radius 2 is 1.75 bits per heavy atom. The quantitative estimate of drug-likeness (QED) is 0.0651. The second kappa shape index (κ2) is 15.9. The minimum Gasteiger partial charge on any atom is -0.619 e. The van der Waals surface area contributed by atoms with Gasteiger partial charge < -0.3 is 28.7 Å². The number of aromatic nitrogens is 2. The van der Waals surface area contributed by atoms with Crippen LogP contribution in [0.5, 0.6) is 11.5 Å². The SMILES string of the molecule is CC(C)(C)OC(=O)CN(c1cn(CC(=O)O[C@@H](Cc2c(Cl)c[n+]([O-])cc2Cl)c2ccc(OC(F)F)c(OCC3CC3)c2)c2ccccc12)[SH](=O)=O. The number of benzene rings is 2. The minimum absolute atomic E-state index is 0.000687. The largest absolute Gasteiger partial charge is 0.619 e. The molecule has 1 atom stereocenters. The predicted octanol–water partition coefficient (Wildman–Crippen LogP) is 6.17. The number of fused-ring (bicyclic) bond motifs is 1. The van der Waals surface area contributed by atoms with Crippen molar-refractivity contribution in [2.45, 2.75) is 64.9 Å². The molecule has 0 N–H and O–H groups in total. The van der Waals surface area contributed by atoms with Crippen LogP contribution in [0.25, 0.3) is 10.9 Å². The van der Waals surface area contributed by atoms with Crippen molar-refractivity contribution in [3.63, 3.8) is 0 Å². The second-order valence-electron chi connectivity index (χ2n) is 12.9. The van der Waals surface area contributed by atoms with E-state index in [4.69, 9.17) is 37.4 Å². The summed E-state index contributed by atoms with van der Waals surface area (Å²) in [5, 5.41) is 12.4. The van der Waals surface area contributed by atoms with Crippen molar-refractivity contribution in [2.24, 2.45) is 5.92 Å². The first kappa shape index (κ1) is 37.9. The number of hydrogen-bond acceptors (Lipinski definition) is 9. The van der Waals surface area contributed by atoms with Gasteiger partial charge in [-0.15, -0.1) is 0 Å². The zero-order chi connectivity index (χ0) is 37.0. The zero-order valence-corrected chi connectivity index (χ0v) is 30.1. The molecule has 274 valence electrons. The van der Waals surface area contributed by atoms with Crippen LogP contribution in [0.15, 0.2) is 61.1 Å². The van der Waals surface area contributed by atoms with Gasteiger partial charge in [0.2, 0.25) is 10.9 Å². The number of rotatable bonds is 15. The van der Waals surface area contributed by atoms with Gasteiger partial charge in [0.25, 0.3) is 0 Å². The number of anilines is 1. The van der Waals surface area contributed by atoms with Crippen molar-refractivity contribution < 1.29 is 50.5 Å². The summed E-state index contributed by atoms with van der Waals surface area (Å²) in [7, 11) is -3.31. The summed E-state index contributed by atoms with van der Waals surface area (Å²) in [6.07, 6.45) is 4.21. The van der Waals surface area contributed by atoms with Crippen molar-refractivity contribution >= 4 is 62.6 Å². The Bertz CT molecular complexity index is 1970. The Labute approximate surface area is 304 Å². The molecular weight excluding hydrogens is 735 g/mol. The third kappa shape index (κ3) is 10.1. The van der Waals surface area contributed by atoms with E-state index in [0.717, 1.165) is 29.5 Å². The smallest absolute Gasteiger partial charge is 0.387 e. The molecular formula is C34H35Cl2F2N3O9S. The third-order valence-electron chi connectivity index (χ3n) is 7.69. The molecule has 2 heterocycles. The van der Waals surface area contributed by atoms with Crippen molar-refractivity contribution in [1.29, 1.82) is 0 Å². The van der Waals surface area contributed by atoms with Crippen LogP contribution in [0, 0.1) is 11.1 Å². The van der Waals surface area contributed by atoms with E-state index >= 15 is 0 Å². The lowest BCUT2D eigenvalue weighted by Gasteiger charge is -2.22. The lowest BCUT2D eigenvalue weighted by molar-refractivity contribution is -0.605. The molecule has 1 aliphatic rings. The van der Waals surface area contributed by atoms with Gasteiger partial charge in [-0.05, 0) is 63.3 Å². The molecule has 0 spiro atoms. The van der Waals surface area contributed by atoms with E-state index in [1.54, 1.807) is 45.0 Å². The van der Waals surface area contributed by atoms with Gasteiger partial charge in [0.15, 0.2) is 23.9 Å². The highest BCUT2D eigenvalue weighted by atomic mass is 35.5. The molecule has 5 rings (SSSR count). The first-order valence-corrected chi connectivity index (χ1v) is 17.7. The van der Waals surface area contributed by atoms with E-state index in [1.807, 2.05) is 0 Å². The van der Waals surface area contributed by atoms with Crippen molar-refractivity contribution in [1.82, 2.24) is 4.57 Å². The zero-order valence-electron chi connectivity index (χ0n) is 27.7. The maximum Gasteiger partial charge on any atom is 0.387 e. The molecule has 0 saturated heterocycles. The molecule has 0 unspecified atom stereocenters. The summed E-state index contributed by atoms with van der Waals surface area (Å²) in [5.41, 5.74) is 0.355. The van der Waals surface area contributed by atoms with Crippen LogP contribution in [-0.2, 0) is 42.9 Å². The average Bonchev–Trinajstić information content (AvgIpc) is 3.80. The molecule has 1 fully saturated rings. The molecule has 51 heavy (non-hydrogen) atoms. The first-order chi connectivity index (χ1) is 24.1. The number of halogens is 4. The lowest BCUT2D eigenvalue weighted by Crippen LogP contribution is -2.34. The van der Waals surface area contributed by atoms with Gasteiger partial charge in [-0.1, -0.05) is 47.5 Å². The number of alkyl halides is 2. The molecule has 2 aromatic heterocycles. The van der Waals surface area contributed by atoms with Gasteiger partial charge in [-0.2, -0.15) is 13.5 Å². The maximum atomic E-state index is 13.7. The Balaban J connectivity index is 1.47. The first-order valence-electron chi connectivity index (χ1n) is 15.8. The van der Waals surface area contributed by atoms with E-state index in [1.165, 1.54) is 29.0 Å². The van der Waals surface area contributed by atoms with Gasteiger partial charge in [0, 0.05) is 23.6 Å². The Morgan fingerprint density at radius 3 is 2.37 bits per heavy atom. The van der Waals surface area contributed by atoms with E-state index < -0.39 is 54.2 Å². The molecule has 2 aromatic carbocycles. The highest BCUT2D eigenvalue weighted by Gasteiger charge is 2.28. The fraction of sp³-hybridized carbons (Fsp3) is 0.382. The number of thiol groups is 1. The van der Waals surface area contributed by atoms with Crippen molar-refractivity contribution in [3.05, 3.63) is 87.4 Å². The lowest BCUT2D eigenvalue weighted by atomic mass is 10.0. The molecule has 0 aliphatic heterocycles. The molecule has 4 aromatic rings. The molecule has 17 heteroatoms. The molecule has 1 aliphatic carbocycles. The third-order valence-corrected chi connectivity index (χ3v) is 9.09. The van der Waals surface area contributed by atoms with Crippen LogP contribution in [-0.4, -0.2) is 50.3 Å². The number of para-hydroxylation sites is 1. The van der Waals surface area contributed by atoms with E-state index in [2.05, 4.69) is 4.74 Å². The highest BCUT2D eigenvalue weighted by molar-refractivity contribution is 7.74. The van der Waals surface area contributed by atoms with Gasteiger partial charge in [0.05, 0.1) is 17.8 Å². The Kier molecular flexibility index (Phi) is 11.8. The average molecular weight is 771 g/mol. The predicted molar refractivity (Wildman–Crippen MR) is 185 cm³/mol. The van der Waals surface area contributed by atoms with Crippen LogP contribution >= 0.6 is 23.2 Å². The highest BCUT2D eigenvalue weighted by Crippen LogP contribution is 2.38. The summed E-state index contributed by atoms with van der Waals surface area (Å²) >= 11 is 12.7. The normalized spacial score (nSPS) is 13.7. The van der Waals surface area contributed by atoms with Gasteiger partial charge in [-0.3, -0.25) is 13.9 Å². The summed E-state index contributed by atoms with van der Waals surface area (Å²) < 4.78 is 75.8. The molecule has 0 bridgehead atoms. The van der Waals surface area contributed by atoms with Crippen LogP contribution in [0.1, 0.15) is 50.8 Å². The minimum atomic E-state index is -3.31. The molecule has 12 nitrogen and oxygen atoms in total. The number of hydrogen-bond donors (Lipinski definition) is 1. The van der Waals surface area contributed by atoms with Crippen molar-refractivity contribution in [2.75, 3.05) is 17.5 Å². The number of nitrogens with zero attached hydrogens (tertiary/aromatic N) is 3. The van der Waals surface area contributed by atoms with E-state index in [0.29, 0.717) is 21.2 Å². The second-order valence-corrected chi connectivity index (χ2v) is 14.6. The number of carbonyl (C=O) groups is 2. The topological polar surface area (TPSA) is 140 Å². The van der Waals surface area contributed by atoms with Gasteiger partial charge >= 0.3 is 18.6 Å². The fourth-order valence-electron chi connectivity index (χ4n) is 5.29. The van der Waals surface area contributed by atoms with E-state index in [-0.39, 0.29) is 51.7 Å². The summed E-state index contributed by atoms with van der Waals surface area (Å²) in [5.74, 6) is -1.47. The number of carbonyl (C=O) groups excluding carboxylic acids is 2. The number of esters is 2. The Morgan fingerprint density at radius 1 is 1.06 bits per heavy atom. The summed E-state index contributed by atoms with van der Waals surface area (Å²) in [6, 6.07) is 10.8. The molecule has 0 amide bonds. The summed E-state index contributed by atoms with van der Waals surface area (Å²) in [6.45, 7) is 1.11. The number of pyridine rings is 1. The molecule has 1 saturated carbocycles. The van der Waals surface area contributed by atoms with Gasteiger partial charge in [0.1, 0.15) is 34.8 Å². The van der Waals surface area contributed by atoms with Crippen LogP contribution < -0.4 is 18.5 Å². The van der Waals surface area contributed by atoms with Crippen LogP contribution in [0.2, 0.25) is 10.0 Å². The molecule has 0 radical (unpaired) electrons. The maximum absolute atomic E-state index is 13.7.